The Labute approximate surface area is 175 Å². The van der Waals surface area contributed by atoms with Gasteiger partial charge in [-0.3, -0.25) is 9.59 Å². The van der Waals surface area contributed by atoms with Crippen molar-refractivity contribution in [1.82, 2.24) is 4.98 Å². The lowest BCUT2D eigenvalue weighted by Crippen LogP contribution is -2.30. The van der Waals surface area contributed by atoms with Crippen LogP contribution >= 0.6 is 11.3 Å². The number of rotatable bonds is 4. The van der Waals surface area contributed by atoms with Crippen LogP contribution in [0.2, 0.25) is 0 Å². The smallest absolute Gasteiger partial charge is 0.229 e. The predicted octanol–water partition coefficient (Wildman–Crippen LogP) is 4.17. The van der Waals surface area contributed by atoms with Crippen molar-refractivity contribution in [3.63, 3.8) is 0 Å². The van der Waals surface area contributed by atoms with Crippen molar-refractivity contribution >= 4 is 34.0 Å². The van der Waals surface area contributed by atoms with E-state index in [0.717, 1.165) is 60.5 Å². The first-order valence-corrected chi connectivity index (χ1v) is 11.0. The number of amides is 2. The molecule has 1 N–H and O–H groups in total. The maximum atomic E-state index is 12.7. The van der Waals surface area contributed by atoms with Crippen LogP contribution in [-0.2, 0) is 20.7 Å². The molecule has 1 aliphatic heterocycles. The topological polar surface area (TPSA) is 71.5 Å². The molecule has 1 aromatic carbocycles. The zero-order valence-corrected chi connectivity index (χ0v) is 18.0. The second-order valence-electron chi connectivity index (χ2n) is 7.90. The van der Waals surface area contributed by atoms with Crippen molar-refractivity contribution < 1.29 is 14.3 Å². The van der Waals surface area contributed by atoms with E-state index >= 15 is 0 Å². The van der Waals surface area contributed by atoms with Gasteiger partial charge in [-0.1, -0.05) is 12.5 Å². The molecule has 1 aliphatic carbocycles. The summed E-state index contributed by atoms with van der Waals surface area (Å²) in [6.45, 7) is 4.36. The summed E-state index contributed by atoms with van der Waals surface area (Å²) >= 11 is 1.51. The van der Waals surface area contributed by atoms with Gasteiger partial charge in [0.05, 0.1) is 11.8 Å². The van der Waals surface area contributed by atoms with E-state index in [9.17, 15) is 9.59 Å². The van der Waals surface area contributed by atoms with Gasteiger partial charge in [-0.2, -0.15) is 0 Å². The molecule has 29 heavy (non-hydrogen) atoms. The first-order chi connectivity index (χ1) is 14.0. The molecule has 1 aromatic heterocycles. The second kappa shape index (κ2) is 8.24. The summed E-state index contributed by atoms with van der Waals surface area (Å²) in [5.41, 5.74) is 4.09. The summed E-state index contributed by atoms with van der Waals surface area (Å²) in [6.07, 6.45) is 4.76. The molecule has 2 heterocycles. The molecule has 2 aromatic rings. The van der Waals surface area contributed by atoms with Gasteiger partial charge in [-0.05, 0) is 50.3 Å². The summed E-state index contributed by atoms with van der Waals surface area (Å²) in [4.78, 5) is 32.1. The quantitative estimate of drug-likeness (QED) is 0.817. The van der Waals surface area contributed by atoms with Crippen molar-refractivity contribution in [1.29, 1.82) is 0 Å². The van der Waals surface area contributed by atoms with Gasteiger partial charge in [0.2, 0.25) is 11.8 Å². The molecule has 0 bridgehead atoms. The molecule has 2 aliphatic rings. The summed E-state index contributed by atoms with van der Waals surface area (Å²) in [5, 5.41) is 3.67. The fraction of sp³-hybridized carbons (Fsp3) is 0.500. The van der Waals surface area contributed by atoms with Gasteiger partial charge in [-0.25, -0.2) is 4.98 Å². The van der Waals surface area contributed by atoms with Crippen LogP contribution in [0, 0.1) is 12.8 Å². The lowest BCUT2D eigenvalue weighted by molar-refractivity contribution is -0.122. The third-order valence-electron chi connectivity index (χ3n) is 5.99. The second-order valence-corrected chi connectivity index (χ2v) is 9.10. The SMILES string of the molecule is COC1CCCC(C(=O)Nc2nc(-c3ccc4c(c3)CCN4C(C)=O)c(C)s2)C1. The number of thiazole rings is 1. The number of anilines is 2. The van der Waals surface area contributed by atoms with Crippen molar-refractivity contribution in [3.05, 3.63) is 28.6 Å². The third-order valence-corrected chi connectivity index (χ3v) is 6.87. The highest BCUT2D eigenvalue weighted by molar-refractivity contribution is 7.16. The van der Waals surface area contributed by atoms with Crippen LogP contribution in [-0.4, -0.2) is 36.6 Å². The zero-order chi connectivity index (χ0) is 20.5. The third kappa shape index (κ3) is 4.07. The Hall–Kier alpha value is -2.25. The van der Waals surface area contributed by atoms with Gasteiger partial charge >= 0.3 is 0 Å². The lowest BCUT2D eigenvalue weighted by Gasteiger charge is -2.26. The first-order valence-electron chi connectivity index (χ1n) is 10.2. The minimum absolute atomic E-state index is 0.0149. The van der Waals surface area contributed by atoms with Crippen LogP contribution in [0.5, 0.6) is 0 Å². The standard InChI is InChI=1S/C22H27N3O3S/c1-13-20(16-7-8-19-15(11-16)9-10-25(19)14(2)26)23-22(29-13)24-21(27)17-5-4-6-18(12-17)28-3/h7-8,11,17-18H,4-6,9-10,12H2,1-3H3,(H,23,24,27). The fourth-order valence-corrected chi connectivity index (χ4v) is 5.24. The summed E-state index contributed by atoms with van der Waals surface area (Å²) in [7, 11) is 1.72. The van der Waals surface area contributed by atoms with Crippen LogP contribution in [0.25, 0.3) is 11.3 Å². The van der Waals surface area contributed by atoms with Gasteiger partial charge in [-0.15, -0.1) is 11.3 Å². The van der Waals surface area contributed by atoms with Gasteiger partial charge in [0.25, 0.3) is 0 Å². The molecule has 0 radical (unpaired) electrons. The van der Waals surface area contributed by atoms with Crippen molar-refractivity contribution in [2.24, 2.45) is 5.92 Å². The maximum Gasteiger partial charge on any atom is 0.229 e. The Kier molecular flexibility index (Phi) is 5.69. The highest BCUT2D eigenvalue weighted by Gasteiger charge is 2.28. The van der Waals surface area contributed by atoms with Gasteiger partial charge in [0.1, 0.15) is 0 Å². The monoisotopic (exact) mass is 413 g/mol. The highest BCUT2D eigenvalue weighted by Crippen LogP contribution is 2.36. The fourth-order valence-electron chi connectivity index (χ4n) is 4.40. The Morgan fingerprint density at radius 1 is 1.31 bits per heavy atom. The minimum Gasteiger partial charge on any atom is -0.381 e. The Morgan fingerprint density at radius 2 is 2.14 bits per heavy atom. The van der Waals surface area contributed by atoms with Crippen LogP contribution in [0.3, 0.4) is 0 Å². The van der Waals surface area contributed by atoms with E-state index in [1.165, 1.54) is 16.9 Å². The number of aryl methyl sites for hydroxylation is 1. The molecule has 154 valence electrons. The van der Waals surface area contributed by atoms with E-state index in [0.29, 0.717) is 5.13 Å². The number of ether oxygens (including phenoxy) is 1. The molecule has 1 saturated carbocycles. The number of nitrogens with zero attached hydrogens (tertiary/aromatic N) is 2. The molecule has 4 rings (SSSR count). The van der Waals surface area contributed by atoms with E-state index in [1.807, 2.05) is 24.0 Å². The number of benzene rings is 1. The van der Waals surface area contributed by atoms with Crippen LogP contribution < -0.4 is 10.2 Å². The molecule has 0 spiro atoms. The number of carbonyl (C=O) groups excluding carboxylic acids is 2. The average molecular weight is 414 g/mol. The van der Waals surface area contributed by atoms with Gasteiger partial charge in [0.15, 0.2) is 5.13 Å². The van der Waals surface area contributed by atoms with Crippen LogP contribution in [0.4, 0.5) is 10.8 Å². The normalized spacial score (nSPS) is 21.1. The molecule has 2 amide bonds. The molecule has 2 unspecified atom stereocenters. The number of nitrogens with one attached hydrogen (secondary N) is 1. The summed E-state index contributed by atoms with van der Waals surface area (Å²) < 4.78 is 5.44. The molecule has 7 heteroatoms. The van der Waals surface area contributed by atoms with Gasteiger partial charge < -0.3 is 15.0 Å². The zero-order valence-electron chi connectivity index (χ0n) is 17.2. The number of aromatic nitrogens is 1. The lowest BCUT2D eigenvalue weighted by atomic mass is 9.86. The van der Waals surface area contributed by atoms with E-state index in [1.54, 1.807) is 14.0 Å². The number of hydrogen-bond donors (Lipinski definition) is 1. The molecular weight excluding hydrogens is 386 g/mol. The number of carbonyl (C=O) groups is 2. The van der Waals surface area contributed by atoms with Crippen molar-refractivity contribution in [2.75, 3.05) is 23.9 Å². The predicted molar refractivity (Wildman–Crippen MR) is 115 cm³/mol. The first kappa shape index (κ1) is 20.0. The molecule has 1 fully saturated rings. The van der Waals surface area contributed by atoms with Crippen LogP contribution in [0.1, 0.15) is 43.0 Å². The van der Waals surface area contributed by atoms with E-state index in [-0.39, 0.29) is 23.8 Å². The van der Waals surface area contributed by atoms with Crippen LogP contribution in [0.15, 0.2) is 18.2 Å². The van der Waals surface area contributed by atoms with Gasteiger partial charge in [0, 0.05) is 42.6 Å². The van der Waals surface area contributed by atoms with E-state index in [4.69, 9.17) is 9.72 Å². The number of methoxy groups -OCH3 is 1. The Bertz CT molecular complexity index is 939. The molecule has 2 atom stereocenters. The Balaban J connectivity index is 1.50. The van der Waals surface area contributed by atoms with Crippen molar-refractivity contribution in [3.8, 4) is 11.3 Å². The summed E-state index contributed by atoms with van der Waals surface area (Å²) in [5.74, 6) is 0.0989. The minimum atomic E-state index is -0.0149. The largest absolute Gasteiger partial charge is 0.381 e. The molecule has 0 saturated heterocycles. The van der Waals surface area contributed by atoms with Crippen molar-refractivity contribution in [2.45, 2.75) is 52.1 Å². The maximum absolute atomic E-state index is 12.7. The molecular formula is C22H27N3O3S. The highest BCUT2D eigenvalue weighted by atomic mass is 32.1. The Morgan fingerprint density at radius 3 is 2.90 bits per heavy atom. The van der Waals surface area contributed by atoms with E-state index in [2.05, 4.69) is 11.4 Å². The average Bonchev–Trinajstić information content (AvgIpc) is 3.30. The molecule has 6 nitrogen and oxygen atoms in total. The number of fused-ring (bicyclic) bond motifs is 1. The summed E-state index contributed by atoms with van der Waals surface area (Å²) in [6, 6.07) is 6.14. The number of hydrogen-bond acceptors (Lipinski definition) is 5. The van der Waals surface area contributed by atoms with E-state index < -0.39 is 0 Å².